The van der Waals surface area contributed by atoms with Crippen molar-refractivity contribution >= 4 is 5.91 Å². The molecule has 0 unspecified atom stereocenters. The zero-order valence-electron chi connectivity index (χ0n) is 14.1. The molecule has 7 nitrogen and oxygen atoms in total. The predicted octanol–water partition coefficient (Wildman–Crippen LogP) is 1.91. The van der Waals surface area contributed by atoms with E-state index < -0.39 is 0 Å². The number of hydrogen-bond acceptors (Lipinski definition) is 5. The van der Waals surface area contributed by atoms with Gasteiger partial charge in [-0.1, -0.05) is 0 Å². The second-order valence-electron chi connectivity index (χ2n) is 6.29. The highest BCUT2D eigenvalue weighted by Gasteiger charge is 2.23. The first-order valence-electron chi connectivity index (χ1n) is 8.57. The molecule has 0 aliphatic carbocycles. The lowest BCUT2D eigenvalue weighted by Crippen LogP contribution is -2.41. The first kappa shape index (κ1) is 17.3. The quantitative estimate of drug-likeness (QED) is 0.765. The van der Waals surface area contributed by atoms with E-state index in [4.69, 9.17) is 4.74 Å². The standard InChI is InChI=1S/C17H22FN5O2/c18-15-5-7-16(8-6-15)25-12-14-3-1-9-22(11-14)17(24)4-2-10-23-13-19-20-21-23/h5-8,13-14H,1-4,9-12H2/t14-/m1/s1. The number of benzene rings is 1. The van der Waals surface area contributed by atoms with Crippen molar-refractivity contribution < 1.29 is 13.9 Å². The number of halogens is 1. The first-order chi connectivity index (χ1) is 12.2. The fourth-order valence-corrected chi connectivity index (χ4v) is 3.01. The molecule has 1 saturated heterocycles. The van der Waals surface area contributed by atoms with Crippen molar-refractivity contribution in [3.63, 3.8) is 0 Å². The number of aromatic nitrogens is 4. The lowest BCUT2D eigenvalue weighted by Gasteiger charge is -2.32. The summed E-state index contributed by atoms with van der Waals surface area (Å²) < 4.78 is 20.3. The molecule has 1 atom stereocenters. The van der Waals surface area contributed by atoms with Gasteiger partial charge < -0.3 is 9.64 Å². The Labute approximate surface area is 145 Å². The summed E-state index contributed by atoms with van der Waals surface area (Å²) in [5.41, 5.74) is 0. The zero-order valence-corrected chi connectivity index (χ0v) is 14.1. The molecule has 1 aromatic carbocycles. The van der Waals surface area contributed by atoms with Crippen molar-refractivity contribution in [2.75, 3.05) is 19.7 Å². The molecule has 1 fully saturated rings. The number of tetrazole rings is 1. The minimum atomic E-state index is -0.275. The van der Waals surface area contributed by atoms with Gasteiger partial charge in [0.05, 0.1) is 6.61 Å². The number of rotatable bonds is 7. The van der Waals surface area contributed by atoms with E-state index in [0.717, 1.165) is 25.8 Å². The Kier molecular flexibility index (Phi) is 5.92. The van der Waals surface area contributed by atoms with Crippen LogP contribution in [0.3, 0.4) is 0 Å². The summed E-state index contributed by atoms with van der Waals surface area (Å²) in [5, 5.41) is 10.9. The molecule has 1 aliphatic rings. The number of likely N-dealkylation sites (tertiary alicyclic amines) is 1. The van der Waals surface area contributed by atoms with Crippen LogP contribution in [0.4, 0.5) is 4.39 Å². The molecule has 1 aliphatic heterocycles. The number of nitrogens with zero attached hydrogens (tertiary/aromatic N) is 5. The van der Waals surface area contributed by atoms with E-state index >= 15 is 0 Å². The highest BCUT2D eigenvalue weighted by Crippen LogP contribution is 2.20. The van der Waals surface area contributed by atoms with Crippen LogP contribution in [-0.4, -0.2) is 50.7 Å². The van der Waals surface area contributed by atoms with Crippen molar-refractivity contribution in [2.45, 2.75) is 32.2 Å². The molecule has 1 amide bonds. The fourth-order valence-electron chi connectivity index (χ4n) is 3.01. The van der Waals surface area contributed by atoms with Crippen LogP contribution in [0, 0.1) is 11.7 Å². The summed E-state index contributed by atoms with van der Waals surface area (Å²) in [5.74, 6) is 0.858. The van der Waals surface area contributed by atoms with Gasteiger partial charge in [-0.15, -0.1) is 5.10 Å². The Balaban J connectivity index is 1.40. The van der Waals surface area contributed by atoms with Gasteiger partial charge in [0.15, 0.2) is 0 Å². The SMILES string of the molecule is O=C(CCCn1cnnn1)N1CCC[C@@H](COc2ccc(F)cc2)C1. The van der Waals surface area contributed by atoms with Crippen LogP contribution in [0.2, 0.25) is 0 Å². The number of carbonyl (C=O) groups is 1. The minimum absolute atomic E-state index is 0.166. The average molecular weight is 347 g/mol. The largest absolute Gasteiger partial charge is 0.493 e. The topological polar surface area (TPSA) is 73.1 Å². The molecule has 25 heavy (non-hydrogen) atoms. The monoisotopic (exact) mass is 347 g/mol. The molecule has 3 rings (SSSR count). The Bertz CT molecular complexity index is 662. The summed E-state index contributed by atoms with van der Waals surface area (Å²) in [6, 6.07) is 6.02. The maximum absolute atomic E-state index is 12.9. The zero-order chi connectivity index (χ0) is 17.5. The van der Waals surface area contributed by atoms with E-state index in [2.05, 4.69) is 15.5 Å². The Morgan fingerprint density at radius 2 is 2.16 bits per heavy atom. The van der Waals surface area contributed by atoms with Gasteiger partial charge in [0, 0.05) is 32.0 Å². The molecule has 0 saturated carbocycles. The number of hydrogen-bond donors (Lipinski definition) is 0. The summed E-state index contributed by atoms with van der Waals surface area (Å²) in [6.45, 7) is 2.70. The van der Waals surface area contributed by atoms with Gasteiger partial charge in [0.2, 0.25) is 5.91 Å². The highest BCUT2D eigenvalue weighted by atomic mass is 19.1. The molecular formula is C17H22FN5O2. The van der Waals surface area contributed by atoms with Crippen LogP contribution in [-0.2, 0) is 11.3 Å². The van der Waals surface area contributed by atoms with E-state index in [9.17, 15) is 9.18 Å². The van der Waals surface area contributed by atoms with Gasteiger partial charge >= 0.3 is 0 Å². The van der Waals surface area contributed by atoms with Crippen molar-refractivity contribution in [1.29, 1.82) is 0 Å². The van der Waals surface area contributed by atoms with Crippen molar-refractivity contribution in [3.8, 4) is 5.75 Å². The smallest absolute Gasteiger partial charge is 0.222 e. The molecule has 0 bridgehead atoms. The lowest BCUT2D eigenvalue weighted by atomic mass is 9.98. The van der Waals surface area contributed by atoms with Crippen LogP contribution in [0.1, 0.15) is 25.7 Å². The third-order valence-corrected chi connectivity index (χ3v) is 4.34. The molecule has 134 valence electrons. The van der Waals surface area contributed by atoms with E-state index in [1.54, 1.807) is 23.1 Å². The predicted molar refractivity (Wildman–Crippen MR) is 88.3 cm³/mol. The van der Waals surface area contributed by atoms with Gasteiger partial charge in [0.25, 0.3) is 0 Å². The van der Waals surface area contributed by atoms with E-state index in [-0.39, 0.29) is 11.7 Å². The van der Waals surface area contributed by atoms with E-state index in [1.165, 1.54) is 12.1 Å². The van der Waals surface area contributed by atoms with Crippen LogP contribution >= 0.6 is 0 Å². The van der Waals surface area contributed by atoms with Crippen molar-refractivity contribution in [1.82, 2.24) is 25.1 Å². The summed E-state index contributed by atoms with van der Waals surface area (Å²) in [6.07, 6.45) is 4.78. The Hall–Kier alpha value is -2.51. The molecule has 0 spiro atoms. The number of ether oxygens (including phenoxy) is 1. The molecule has 1 aromatic heterocycles. The number of piperidine rings is 1. The molecule has 0 radical (unpaired) electrons. The third-order valence-electron chi connectivity index (χ3n) is 4.34. The molecule has 2 aromatic rings. The van der Waals surface area contributed by atoms with E-state index in [0.29, 0.717) is 37.8 Å². The Morgan fingerprint density at radius 1 is 1.32 bits per heavy atom. The number of aryl methyl sites for hydroxylation is 1. The van der Waals surface area contributed by atoms with Gasteiger partial charge in [0.1, 0.15) is 17.9 Å². The molecule has 8 heteroatoms. The van der Waals surface area contributed by atoms with Crippen molar-refractivity contribution in [2.24, 2.45) is 5.92 Å². The van der Waals surface area contributed by atoms with Crippen LogP contribution in [0.15, 0.2) is 30.6 Å². The summed E-state index contributed by atoms with van der Waals surface area (Å²) in [4.78, 5) is 14.3. The van der Waals surface area contributed by atoms with Crippen LogP contribution in [0.25, 0.3) is 0 Å². The lowest BCUT2D eigenvalue weighted by molar-refractivity contribution is -0.133. The normalized spacial score (nSPS) is 17.5. The summed E-state index contributed by atoms with van der Waals surface area (Å²) >= 11 is 0. The minimum Gasteiger partial charge on any atom is -0.493 e. The number of carbonyl (C=O) groups excluding carboxylic acids is 1. The third kappa shape index (κ3) is 5.23. The van der Waals surface area contributed by atoms with Gasteiger partial charge in [-0.2, -0.15) is 0 Å². The van der Waals surface area contributed by atoms with E-state index in [1.807, 2.05) is 4.90 Å². The van der Waals surface area contributed by atoms with Crippen LogP contribution in [0.5, 0.6) is 5.75 Å². The first-order valence-corrected chi connectivity index (χ1v) is 8.57. The fraction of sp³-hybridized carbons (Fsp3) is 0.529. The van der Waals surface area contributed by atoms with Gasteiger partial charge in [-0.05, 0) is 54.0 Å². The second-order valence-corrected chi connectivity index (χ2v) is 6.29. The van der Waals surface area contributed by atoms with Gasteiger partial charge in [-0.25, -0.2) is 9.07 Å². The molecule has 2 heterocycles. The van der Waals surface area contributed by atoms with Crippen molar-refractivity contribution in [3.05, 3.63) is 36.4 Å². The maximum Gasteiger partial charge on any atom is 0.222 e. The second kappa shape index (κ2) is 8.55. The summed E-state index contributed by atoms with van der Waals surface area (Å²) in [7, 11) is 0. The Morgan fingerprint density at radius 3 is 2.92 bits per heavy atom. The average Bonchev–Trinajstić information content (AvgIpc) is 3.15. The number of amides is 1. The molecule has 0 N–H and O–H groups in total. The van der Waals surface area contributed by atoms with Crippen LogP contribution < -0.4 is 4.74 Å². The molecular weight excluding hydrogens is 325 g/mol. The highest BCUT2D eigenvalue weighted by molar-refractivity contribution is 5.76. The van der Waals surface area contributed by atoms with Gasteiger partial charge in [-0.3, -0.25) is 4.79 Å². The maximum atomic E-state index is 12.9.